The molecule has 9 heteroatoms. The summed E-state index contributed by atoms with van der Waals surface area (Å²) < 4.78 is 16.6. The molecule has 2 aromatic carbocycles. The summed E-state index contributed by atoms with van der Waals surface area (Å²) in [4.78, 5) is 27.0. The van der Waals surface area contributed by atoms with Crippen LogP contribution in [-0.2, 0) is 9.53 Å². The number of unbranched alkanes of at least 4 members (excludes halogenated alkanes) is 1. The number of nitro benzene ring substituents is 1. The molecule has 0 unspecified atom stereocenters. The van der Waals surface area contributed by atoms with Crippen LogP contribution < -0.4 is 9.47 Å². The number of halogens is 1. The molecule has 0 aliphatic carbocycles. The average molecular weight is 445 g/mol. The summed E-state index contributed by atoms with van der Waals surface area (Å²) in [5, 5.41) is 11.2. The molecule has 0 fully saturated rings. The van der Waals surface area contributed by atoms with Crippen LogP contribution >= 0.6 is 11.6 Å². The number of hydrogen-bond acceptors (Lipinski definition) is 7. The number of hydrogen-bond donors (Lipinski definition) is 0. The van der Waals surface area contributed by atoms with E-state index in [0.717, 1.165) is 12.8 Å². The maximum atomic E-state index is 12.3. The maximum Gasteiger partial charge on any atom is 0.363 e. The molecule has 0 amide bonds. The van der Waals surface area contributed by atoms with E-state index in [9.17, 15) is 14.9 Å². The largest absolute Gasteiger partial charge is 0.490 e. The standard InChI is InChI=1S/C22H21ClN2O6/c1-3-5-10-30-19-9-6-14(12-20(19)29-4-2)11-18-22(26)31-21(24-18)16-13-15(25(27)28)7-8-17(16)23/h6-9,11-13H,3-5,10H2,1-2H3/b18-11-. The van der Waals surface area contributed by atoms with Crippen molar-refractivity contribution in [1.82, 2.24) is 0 Å². The quantitative estimate of drug-likeness (QED) is 0.174. The molecule has 0 aromatic heterocycles. The van der Waals surface area contributed by atoms with Crippen molar-refractivity contribution in [3.63, 3.8) is 0 Å². The molecule has 162 valence electrons. The van der Waals surface area contributed by atoms with Crippen molar-refractivity contribution in [2.45, 2.75) is 26.7 Å². The van der Waals surface area contributed by atoms with Crippen LogP contribution in [0.5, 0.6) is 11.5 Å². The summed E-state index contributed by atoms with van der Waals surface area (Å²) in [7, 11) is 0. The van der Waals surface area contributed by atoms with Gasteiger partial charge in [0, 0.05) is 12.1 Å². The second kappa shape index (κ2) is 10.1. The van der Waals surface area contributed by atoms with Gasteiger partial charge >= 0.3 is 5.97 Å². The zero-order valence-corrected chi connectivity index (χ0v) is 17.8. The van der Waals surface area contributed by atoms with Crippen LogP contribution in [0.3, 0.4) is 0 Å². The van der Waals surface area contributed by atoms with Crippen LogP contribution in [0.1, 0.15) is 37.8 Å². The number of ether oxygens (including phenoxy) is 3. The van der Waals surface area contributed by atoms with E-state index in [4.69, 9.17) is 25.8 Å². The van der Waals surface area contributed by atoms with Gasteiger partial charge in [-0.15, -0.1) is 0 Å². The summed E-state index contributed by atoms with van der Waals surface area (Å²) in [5.41, 5.74) is 0.686. The van der Waals surface area contributed by atoms with Crippen LogP contribution in [-0.4, -0.2) is 30.0 Å². The van der Waals surface area contributed by atoms with Crippen LogP contribution in [0.25, 0.3) is 6.08 Å². The summed E-state index contributed by atoms with van der Waals surface area (Å²) in [6, 6.07) is 9.14. The van der Waals surface area contributed by atoms with Crippen molar-refractivity contribution in [2.24, 2.45) is 4.99 Å². The molecule has 0 N–H and O–H groups in total. The van der Waals surface area contributed by atoms with E-state index in [1.165, 1.54) is 18.2 Å². The van der Waals surface area contributed by atoms with Gasteiger partial charge in [-0.1, -0.05) is 31.0 Å². The molecule has 0 saturated heterocycles. The highest BCUT2D eigenvalue weighted by atomic mass is 35.5. The molecule has 0 atom stereocenters. The van der Waals surface area contributed by atoms with Gasteiger partial charge in [-0.2, -0.15) is 0 Å². The maximum absolute atomic E-state index is 12.3. The van der Waals surface area contributed by atoms with E-state index < -0.39 is 10.9 Å². The number of carbonyl (C=O) groups is 1. The third-order valence-corrected chi connectivity index (χ3v) is 4.67. The first-order chi connectivity index (χ1) is 14.9. The fourth-order valence-corrected chi connectivity index (χ4v) is 3.00. The number of nitro groups is 1. The lowest BCUT2D eigenvalue weighted by Crippen LogP contribution is -2.06. The fraction of sp³-hybridized carbons (Fsp3) is 0.273. The van der Waals surface area contributed by atoms with E-state index >= 15 is 0 Å². The highest BCUT2D eigenvalue weighted by Gasteiger charge is 2.27. The molecular weight excluding hydrogens is 424 g/mol. The van der Waals surface area contributed by atoms with Gasteiger partial charge < -0.3 is 14.2 Å². The predicted molar refractivity (Wildman–Crippen MR) is 117 cm³/mol. The Morgan fingerprint density at radius 1 is 1.16 bits per heavy atom. The minimum absolute atomic E-state index is 0.0414. The van der Waals surface area contributed by atoms with Crippen molar-refractivity contribution in [3.05, 3.63) is 68.4 Å². The zero-order valence-electron chi connectivity index (χ0n) is 17.1. The van der Waals surface area contributed by atoms with Crippen molar-refractivity contribution in [2.75, 3.05) is 13.2 Å². The number of cyclic esters (lactones) is 1. The fourth-order valence-electron chi connectivity index (χ4n) is 2.80. The first-order valence-corrected chi connectivity index (χ1v) is 10.2. The molecule has 0 bridgehead atoms. The number of benzene rings is 2. The minimum Gasteiger partial charge on any atom is -0.490 e. The van der Waals surface area contributed by atoms with Crippen molar-refractivity contribution < 1.29 is 23.9 Å². The molecule has 1 aliphatic heterocycles. The number of esters is 1. The zero-order chi connectivity index (χ0) is 22.4. The molecule has 8 nitrogen and oxygen atoms in total. The molecule has 2 aromatic rings. The third-order valence-electron chi connectivity index (χ3n) is 4.34. The SMILES string of the molecule is CCCCOc1ccc(/C=C2\N=C(c3cc([N+](=O)[O-])ccc3Cl)OC2=O)cc1OCC. The van der Waals surface area contributed by atoms with E-state index in [-0.39, 0.29) is 27.9 Å². The van der Waals surface area contributed by atoms with Gasteiger partial charge in [-0.05, 0) is 43.2 Å². The Hall–Kier alpha value is -3.39. The van der Waals surface area contributed by atoms with Gasteiger partial charge in [0.05, 0.1) is 28.7 Å². The highest BCUT2D eigenvalue weighted by molar-refractivity contribution is 6.34. The number of rotatable bonds is 9. The number of nitrogens with zero attached hydrogens (tertiary/aromatic N) is 2. The monoisotopic (exact) mass is 444 g/mol. The predicted octanol–water partition coefficient (Wildman–Crippen LogP) is 5.17. The minimum atomic E-state index is -0.682. The summed E-state index contributed by atoms with van der Waals surface area (Å²) in [6.45, 7) is 4.99. The second-order valence-corrected chi connectivity index (χ2v) is 7.01. The summed E-state index contributed by atoms with van der Waals surface area (Å²) in [5.74, 6) is 0.414. The molecular formula is C22H21ClN2O6. The normalized spacial score (nSPS) is 14.4. The Morgan fingerprint density at radius 3 is 2.68 bits per heavy atom. The summed E-state index contributed by atoms with van der Waals surface area (Å²) in [6.07, 6.45) is 3.49. The van der Waals surface area contributed by atoms with Crippen LogP contribution in [0, 0.1) is 10.1 Å². The van der Waals surface area contributed by atoms with Crippen molar-refractivity contribution >= 4 is 35.2 Å². The molecule has 1 heterocycles. The molecule has 31 heavy (non-hydrogen) atoms. The topological polar surface area (TPSA) is 100 Å². The second-order valence-electron chi connectivity index (χ2n) is 6.60. The van der Waals surface area contributed by atoms with Gasteiger partial charge in [-0.25, -0.2) is 9.79 Å². The van der Waals surface area contributed by atoms with Gasteiger partial charge in [0.15, 0.2) is 17.2 Å². The summed E-state index contributed by atoms with van der Waals surface area (Å²) >= 11 is 6.12. The van der Waals surface area contributed by atoms with E-state index in [2.05, 4.69) is 11.9 Å². The molecule has 1 aliphatic rings. The Kier molecular flexibility index (Phi) is 7.25. The Bertz CT molecular complexity index is 1060. The van der Waals surface area contributed by atoms with Crippen LogP contribution in [0.4, 0.5) is 5.69 Å². The molecule has 3 rings (SSSR count). The van der Waals surface area contributed by atoms with Crippen LogP contribution in [0.2, 0.25) is 5.02 Å². The number of aliphatic imine (C=N–C) groups is 1. The number of non-ortho nitro benzene ring substituents is 1. The van der Waals surface area contributed by atoms with Crippen molar-refractivity contribution in [3.8, 4) is 11.5 Å². The lowest BCUT2D eigenvalue weighted by atomic mass is 10.1. The highest BCUT2D eigenvalue weighted by Crippen LogP contribution is 2.31. The average Bonchev–Trinajstić information content (AvgIpc) is 3.10. The lowest BCUT2D eigenvalue weighted by molar-refractivity contribution is -0.384. The van der Waals surface area contributed by atoms with Gasteiger partial charge in [0.2, 0.25) is 5.90 Å². The van der Waals surface area contributed by atoms with E-state index in [0.29, 0.717) is 30.3 Å². The first-order valence-electron chi connectivity index (χ1n) is 9.79. The van der Waals surface area contributed by atoms with Crippen molar-refractivity contribution in [1.29, 1.82) is 0 Å². The van der Waals surface area contributed by atoms with Gasteiger partial charge in [0.1, 0.15) is 0 Å². The van der Waals surface area contributed by atoms with Gasteiger partial charge in [-0.3, -0.25) is 10.1 Å². The number of carbonyl (C=O) groups excluding carboxylic acids is 1. The van der Waals surface area contributed by atoms with E-state index in [1.54, 1.807) is 24.3 Å². The molecule has 0 radical (unpaired) electrons. The van der Waals surface area contributed by atoms with E-state index in [1.807, 2.05) is 6.92 Å². The smallest absolute Gasteiger partial charge is 0.363 e. The Balaban J connectivity index is 1.90. The van der Waals surface area contributed by atoms with Gasteiger partial charge in [0.25, 0.3) is 5.69 Å². The van der Waals surface area contributed by atoms with Crippen LogP contribution in [0.15, 0.2) is 47.1 Å². The Labute approximate surface area is 184 Å². The lowest BCUT2D eigenvalue weighted by Gasteiger charge is -2.12. The Morgan fingerprint density at radius 2 is 1.97 bits per heavy atom. The molecule has 0 saturated carbocycles. The third kappa shape index (κ3) is 5.40. The molecule has 0 spiro atoms. The first kappa shape index (κ1) is 22.3.